The fourth-order valence-electron chi connectivity index (χ4n) is 1.45. The van der Waals surface area contributed by atoms with E-state index in [1.54, 1.807) is 0 Å². The first kappa shape index (κ1) is 14.2. The van der Waals surface area contributed by atoms with Crippen molar-refractivity contribution in [3.8, 4) is 0 Å². The quantitative estimate of drug-likeness (QED) is 0.901. The zero-order chi connectivity index (χ0) is 13.2. The zero-order valence-electron chi connectivity index (χ0n) is 10.7. The van der Waals surface area contributed by atoms with Crippen LogP contribution in [-0.4, -0.2) is 12.5 Å². The predicted octanol–water partition coefficient (Wildman–Crippen LogP) is 2.99. The number of hydrogen-bond acceptors (Lipinski definition) is 2. The summed E-state index contributed by atoms with van der Waals surface area (Å²) in [5.74, 6) is -0.0624. The van der Waals surface area contributed by atoms with Gasteiger partial charge in [0.25, 0.3) is 0 Å². The zero-order valence-corrected chi connectivity index (χ0v) is 12.3. The fraction of sp³-hybridized carbons (Fsp3) is 0.462. The van der Waals surface area contributed by atoms with Crippen molar-refractivity contribution in [2.45, 2.75) is 27.7 Å². The van der Waals surface area contributed by atoms with Crippen LogP contribution in [0.5, 0.6) is 0 Å². The van der Waals surface area contributed by atoms with Crippen molar-refractivity contribution in [3.63, 3.8) is 0 Å². The minimum Gasteiger partial charge on any atom is -0.329 e. The Hall–Kier alpha value is -0.870. The van der Waals surface area contributed by atoms with E-state index in [2.05, 4.69) is 21.2 Å². The Bertz CT molecular complexity index is 418. The molecule has 1 rings (SSSR count). The number of anilines is 1. The summed E-state index contributed by atoms with van der Waals surface area (Å²) >= 11 is 3.47. The highest BCUT2D eigenvalue weighted by Crippen LogP contribution is 2.29. The first-order chi connectivity index (χ1) is 7.77. The normalized spacial score (nSPS) is 11.4. The highest BCUT2D eigenvalue weighted by molar-refractivity contribution is 9.10. The van der Waals surface area contributed by atoms with Crippen LogP contribution >= 0.6 is 15.9 Å². The molecule has 0 saturated carbocycles. The lowest BCUT2D eigenvalue weighted by molar-refractivity contribution is -0.123. The lowest BCUT2D eigenvalue weighted by Crippen LogP contribution is -2.37. The van der Waals surface area contributed by atoms with Crippen LogP contribution in [0.25, 0.3) is 0 Å². The molecule has 0 bridgehead atoms. The number of halogens is 1. The van der Waals surface area contributed by atoms with Crippen molar-refractivity contribution in [2.24, 2.45) is 11.1 Å². The van der Waals surface area contributed by atoms with Gasteiger partial charge in [-0.2, -0.15) is 0 Å². The summed E-state index contributed by atoms with van der Waals surface area (Å²) in [6, 6.07) is 4.02. The SMILES string of the molecule is Cc1cc(C)c(NC(=O)C(C)(C)CN)c(Br)c1. The number of hydrogen-bond donors (Lipinski definition) is 2. The molecule has 1 aromatic rings. The van der Waals surface area contributed by atoms with Crippen LogP contribution in [0.2, 0.25) is 0 Å². The average Bonchev–Trinajstić information content (AvgIpc) is 2.22. The molecule has 0 aliphatic carbocycles. The van der Waals surface area contributed by atoms with E-state index in [9.17, 15) is 4.79 Å². The van der Waals surface area contributed by atoms with Crippen molar-refractivity contribution in [3.05, 3.63) is 27.7 Å². The van der Waals surface area contributed by atoms with Crippen molar-refractivity contribution in [2.75, 3.05) is 11.9 Å². The monoisotopic (exact) mass is 298 g/mol. The minimum absolute atomic E-state index is 0.0624. The third-order valence-electron chi connectivity index (χ3n) is 2.80. The highest BCUT2D eigenvalue weighted by atomic mass is 79.9. The second-order valence-corrected chi connectivity index (χ2v) is 5.84. The van der Waals surface area contributed by atoms with Crippen LogP contribution in [0.15, 0.2) is 16.6 Å². The Labute approximate surface area is 111 Å². The number of nitrogens with one attached hydrogen (secondary N) is 1. The third kappa shape index (κ3) is 3.30. The van der Waals surface area contributed by atoms with E-state index in [1.807, 2.05) is 39.8 Å². The van der Waals surface area contributed by atoms with Crippen LogP contribution < -0.4 is 11.1 Å². The predicted molar refractivity (Wildman–Crippen MR) is 75.1 cm³/mol. The van der Waals surface area contributed by atoms with Gasteiger partial charge in [0.1, 0.15) is 0 Å². The van der Waals surface area contributed by atoms with Gasteiger partial charge in [0, 0.05) is 11.0 Å². The van der Waals surface area contributed by atoms with Gasteiger partial charge in [-0.15, -0.1) is 0 Å². The van der Waals surface area contributed by atoms with E-state index < -0.39 is 5.41 Å². The van der Waals surface area contributed by atoms with E-state index in [0.717, 1.165) is 21.3 Å². The Morgan fingerprint density at radius 2 is 2.00 bits per heavy atom. The van der Waals surface area contributed by atoms with Gasteiger partial charge in [-0.3, -0.25) is 4.79 Å². The minimum atomic E-state index is -0.559. The summed E-state index contributed by atoms with van der Waals surface area (Å²) < 4.78 is 0.899. The summed E-state index contributed by atoms with van der Waals surface area (Å²) in [5, 5.41) is 2.93. The second-order valence-electron chi connectivity index (χ2n) is 4.98. The number of rotatable bonds is 3. The van der Waals surface area contributed by atoms with Crippen LogP contribution in [0.4, 0.5) is 5.69 Å². The summed E-state index contributed by atoms with van der Waals surface area (Å²) in [6.07, 6.45) is 0. The number of carbonyl (C=O) groups is 1. The highest BCUT2D eigenvalue weighted by Gasteiger charge is 2.26. The summed E-state index contributed by atoms with van der Waals surface area (Å²) in [5.41, 5.74) is 8.05. The van der Waals surface area contributed by atoms with Gasteiger partial charge in [0.2, 0.25) is 5.91 Å². The van der Waals surface area contributed by atoms with Crippen molar-refractivity contribution in [1.29, 1.82) is 0 Å². The molecular formula is C13H19BrN2O. The van der Waals surface area contributed by atoms with Gasteiger partial charge in [-0.05, 0) is 60.8 Å². The number of aryl methyl sites for hydroxylation is 2. The molecule has 0 radical (unpaired) electrons. The van der Waals surface area contributed by atoms with E-state index in [-0.39, 0.29) is 5.91 Å². The smallest absolute Gasteiger partial charge is 0.231 e. The first-order valence-corrected chi connectivity index (χ1v) is 6.35. The molecule has 3 nitrogen and oxygen atoms in total. The topological polar surface area (TPSA) is 55.1 Å². The number of carbonyl (C=O) groups excluding carboxylic acids is 1. The average molecular weight is 299 g/mol. The third-order valence-corrected chi connectivity index (χ3v) is 3.42. The molecule has 0 unspecified atom stereocenters. The molecule has 3 N–H and O–H groups in total. The lowest BCUT2D eigenvalue weighted by atomic mass is 9.92. The van der Waals surface area contributed by atoms with Gasteiger partial charge < -0.3 is 11.1 Å². The Morgan fingerprint density at radius 3 is 2.47 bits per heavy atom. The molecule has 17 heavy (non-hydrogen) atoms. The fourth-order valence-corrected chi connectivity index (χ4v) is 2.22. The lowest BCUT2D eigenvalue weighted by Gasteiger charge is -2.22. The maximum atomic E-state index is 12.0. The molecule has 0 aromatic heterocycles. The second kappa shape index (κ2) is 5.19. The van der Waals surface area contributed by atoms with Crippen LogP contribution in [0, 0.1) is 19.3 Å². The molecule has 0 aliphatic heterocycles. The maximum absolute atomic E-state index is 12.0. The van der Waals surface area contributed by atoms with Crippen molar-refractivity contribution < 1.29 is 4.79 Å². The molecule has 0 spiro atoms. The molecule has 94 valence electrons. The Morgan fingerprint density at radius 1 is 1.41 bits per heavy atom. The largest absolute Gasteiger partial charge is 0.329 e. The van der Waals surface area contributed by atoms with E-state index in [4.69, 9.17) is 5.73 Å². The van der Waals surface area contributed by atoms with Gasteiger partial charge >= 0.3 is 0 Å². The van der Waals surface area contributed by atoms with Gasteiger partial charge in [-0.1, -0.05) is 6.07 Å². The van der Waals surface area contributed by atoms with Crippen LogP contribution in [-0.2, 0) is 4.79 Å². The van der Waals surface area contributed by atoms with Gasteiger partial charge in [0.15, 0.2) is 0 Å². The van der Waals surface area contributed by atoms with Gasteiger partial charge in [-0.25, -0.2) is 0 Å². The number of benzene rings is 1. The van der Waals surface area contributed by atoms with E-state index in [0.29, 0.717) is 6.54 Å². The molecule has 0 saturated heterocycles. The number of nitrogens with two attached hydrogens (primary N) is 1. The van der Waals surface area contributed by atoms with Crippen molar-refractivity contribution in [1.82, 2.24) is 0 Å². The maximum Gasteiger partial charge on any atom is 0.231 e. The molecule has 4 heteroatoms. The van der Waals surface area contributed by atoms with Gasteiger partial charge in [0.05, 0.1) is 11.1 Å². The van der Waals surface area contributed by atoms with E-state index >= 15 is 0 Å². The standard InChI is InChI=1S/C13H19BrN2O/c1-8-5-9(2)11(10(14)6-8)16-12(17)13(3,4)7-15/h5-6H,7,15H2,1-4H3,(H,16,17). The molecule has 0 fully saturated rings. The van der Waals surface area contributed by atoms with Crippen molar-refractivity contribution >= 4 is 27.5 Å². The molecule has 0 atom stereocenters. The summed E-state index contributed by atoms with van der Waals surface area (Å²) in [7, 11) is 0. The Balaban J connectivity index is 3.01. The molecule has 1 aromatic carbocycles. The van der Waals surface area contributed by atoms with E-state index in [1.165, 1.54) is 0 Å². The van der Waals surface area contributed by atoms with Crippen LogP contribution in [0.1, 0.15) is 25.0 Å². The number of amides is 1. The van der Waals surface area contributed by atoms with Crippen LogP contribution in [0.3, 0.4) is 0 Å². The summed E-state index contributed by atoms with van der Waals surface area (Å²) in [6.45, 7) is 7.98. The first-order valence-electron chi connectivity index (χ1n) is 5.56. The molecule has 1 amide bonds. The molecule has 0 aliphatic rings. The molecular weight excluding hydrogens is 280 g/mol. The molecule has 0 heterocycles. The summed E-state index contributed by atoms with van der Waals surface area (Å²) in [4.78, 5) is 12.0. The Kier molecular flexibility index (Phi) is 4.33.